The lowest BCUT2D eigenvalue weighted by atomic mass is 10.2. The van der Waals surface area contributed by atoms with Crippen molar-refractivity contribution in [2.75, 3.05) is 18.7 Å². The fourth-order valence-electron chi connectivity index (χ4n) is 3.41. The van der Waals surface area contributed by atoms with Gasteiger partial charge in [-0.2, -0.15) is 0 Å². The van der Waals surface area contributed by atoms with Crippen LogP contribution >= 0.6 is 0 Å². The third-order valence-corrected chi connectivity index (χ3v) is 4.91. The van der Waals surface area contributed by atoms with Gasteiger partial charge in [-0.1, -0.05) is 19.1 Å². The molecule has 8 nitrogen and oxygen atoms in total. The lowest BCUT2D eigenvalue weighted by Crippen LogP contribution is -2.24. The summed E-state index contributed by atoms with van der Waals surface area (Å²) in [5, 5.41) is 5.78. The number of nitrogens with one attached hydrogen (secondary N) is 2. The number of carbonyl (C=O) groups is 2. The number of anilines is 1. The zero-order valence-electron chi connectivity index (χ0n) is 16.8. The van der Waals surface area contributed by atoms with Gasteiger partial charge < -0.3 is 24.7 Å². The molecule has 0 fully saturated rings. The summed E-state index contributed by atoms with van der Waals surface area (Å²) in [5.41, 5.74) is 2.41. The second kappa shape index (κ2) is 8.86. The van der Waals surface area contributed by atoms with Gasteiger partial charge in [0, 0.05) is 31.1 Å². The van der Waals surface area contributed by atoms with E-state index in [0.29, 0.717) is 36.6 Å². The molecule has 0 atom stereocenters. The Morgan fingerprint density at radius 2 is 1.93 bits per heavy atom. The van der Waals surface area contributed by atoms with Crippen molar-refractivity contribution in [1.82, 2.24) is 14.9 Å². The molecule has 2 N–H and O–H groups in total. The maximum Gasteiger partial charge on any atom is 0.244 e. The number of ether oxygens (including phenoxy) is 2. The highest BCUT2D eigenvalue weighted by Crippen LogP contribution is 2.34. The Morgan fingerprint density at radius 3 is 2.80 bits per heavy atom. The zero-order valence-corrected chi connectivity index (χ0v) is 16.8. The van der Waals surface area contributed by atoms with Crippen molar-refractivity contribution >= 4 is 28.5 Å². The van der Waals surface area contributed by atoms with Crippen LogP contribution in [-0.4, -0.2) is 34.7 Å². The number of carbonyl (C=O) groups excluding carboxylic acids is 2. The van der Waals surface area contributed by atoms with Gasteiger partial charge in [-0.15, -0.1) is 0 Å². The lowest BCUT2D eigenvalue weighted by Gasteiger charge is -2.11. The molecule has 2 amide bonds. The minimum absolute atomic E-state index is 0.0339. The molecule has 1 aliphatic heterocycles. The number of aromatic nitrogens is 2. The first-order valence-corrected chi connectivity index (χ1v) is 10.0. The molecule has 0 saturated carbocycles. The van der Waals surface area contributed by atoms with Crippen LogP contribution in [-0.2, 0) is 22.6 Å². The molecule has 8 heteroatoms. The second-order valence-corrected chi connectivity index (χ2v) is 7.03. The van der Waals surface area contributed by atoms with Crippen molar-refractivity contribution in [1.29, 1.82) is 0 Å². The second-order valence-electron chi connectivity index (χ2n) is 7.03. The van der Waals surface area contributed by atoms with Crippen LogP contribution < -0.4 is 20.1 Å². The first-order valence-electron chi connectivity index (χ1n) is 10.0. The number of hydrogen-bond acceptors (Lipinski definition) is 5. The fraction of sp³-hybridized carbons (Fsp3) is 0.318. The van der Waals surface area contributed by atoms with E-state index in [9.17, 15) is 9.59 Å². The molecule has 2 heterocycles. The van der Waals surface area contributed by atoms with Crippen molar-refractivity contribution in [2.45, 2.75) is 32.7 Å². The Balaban J connectivity index is 1.46. The Labute approximate surface area is 174 Å². The third-order valence-electron chi connectivity index (χ3n) is 4.91. The summed E-state index contributed by atoms with van der Waals surface area (Å²) < 4.78 is 12.6. The van der Waals surface area contributed by atoms with E-state index in [2.05, 4.69) is 10.6 Å². The molecule has 1 aromatic heterocycles. The summed E-state index contributed by atoms with van der Waals surface area (Å²) in [6.45, 7) is 2.74. The summed E-state index contributed by atoms with van der Waals surface area (Å²) in [7, 11) is 0. The standard InChI is InChI=1S/C22H24N4O4/c1-2-21(27)23-11-5-8-20-25-16-6-3-4-7-17(16)26(20)13-22(28)24-15-9-10-18-19(12-15)30-14-29-18/h3-4,6-7,9-10,12H,2,5,8,11,13-14H2,1H3,(H,23,27)(H,24,28). The minimum Gasteiger partial charge on any atom is -0.454 e. The van der Waals surface area contributed by atoms with E-state index in [4.69, 9.17) is 14.5 Å². The smallest absolute Gasteiger partial charge is 0.244 e. The monoisotopic (exact) mass is 408 g/mol. The molecule has 0 spiro atoms. The number of hydrogen-bond donors (Lipinski definition) is 2. The number of rotatable bonds is 8. The van der Waals surface area contributed by atoms with Crippen LogP contribution in [0.1, 0.15) is 25.6 Å². The number of imidazole rings is 1. The Kier molecular flexibility index (Phi) is 5.83. The van der Waals surface area contributed by atoms with Crippen LogP contribution in [0.2, 0.25) is 0 Å². The van der Waals surface area contributed by atoms with Crippen LogP contribution in [0.5, 0.6) is 11.5 Å². The molecule has 1 aliphatic rings. The predicted molar refractivity (Wildman–Crippen MR) is 113 cm³/mol. The maximum absolute atomic E-state index is 12.7. The molecule has 0 aliphatic carbocycles. The highest BCUT2D eigenvalue weighted by Gasteiger charge is 2.16. The van der Waals surface area contributed by atoms with Crippen LogP contribution in [0, 0.1) is 0 Å². The number of fused-ring (bicyclic) bond motifs is 2. The van der Waals surface area contributed by atoms with Crippen LogP contribution in [0.25, 0.3) is 11.0 Å². The number of nitrogens with zero attached hydrogens (tertiary/aromatic N) is 2. The zero-order chi connectivity index (χ0) is 20.9. The van der Waals surface area contributed by atoms with E-state index in [0.717, 1.165) is 23.3 Å². The summed E-state index contributed by atoms with van der Waals surface area (Å²) in [4.78, 5) is 28.9. The van der Waals surface area contributed by atoms with E-state index in [1.807, 2.05) is 35.8 Å². The van der Waals surface area contributed by atoms with E-state index in [-0.39, 0.29) is 25.2 Å². The fourth-order valence-corrected chi connectivity index (χ4v) is 3.41. The van der Waals surface area contributed by atoms with Gasteiger partial charge >= 0.3 is 0 Å². The minimum atomic E-state index is -0.155. The van der Waals surface area contributed by atoms with Crippen molar-refractivity contribution in [3.63, 3.8) is 0 Å². The number of para-hydroxylation sites is 2. The molecular weight excluding hydrogens is 384 g/mol. The molecule has 30 heavy (non-hydrogen) atoms. The van der Waals surface area contributed by atoms with Crippen molar-refractivity contribution in [3.8, 4) is 11.5 Å². The average Bonchev–Trinajstić information content (AvgIpc) is 3.35. The normalized spacial score (nSPS) is 12.2. The molecule has 4 rings (SSSR count). The molecule has 3 aromatic rings. The molecule has 156 valence electrons. The van der Waals surface area contributed by atoms with E-state index < -0.39 is 0 Å². The molecular formula is C22H24N4O4. The van der Waals surface area contributed by atoms with Gasteiger partial charge in [0.15, 0.2) is 11.5 Å². The van der Waals surface area contributed by atoms with Gasteiger partial charge in [-0.3, -0.25) is 9.59 Å². The Morgan fingerprint density at radius 1 is 1.10 bits per heavy atom. The molecule has 0 radical (unpaired) electrons. The predicted octanol–water partition coefficient (Wildman–Crippen LogP) is 2.86. The average molecular weight is 408 g/mol. The third kappa shape index (κ3) is 4.37. The van der Waals surface area contributed by atoms with Gasteiger partial charge in [-0.25, -0.2) is 4.98 Å². The van der Waals surface area contributed by atoms with Crippen LogP contribution in [0.4, 0.5) is 5.69 Å². The summed E-state index contributed by atoms with van der Waals surface area (Å²) >= 11 is 0. The first kappa shape index (κ1) is 19.8. The summed E-state index contributed by atoms with van der Waals surface area (Å²) in [6.07, 6.45) is 1.88. The van der Waals surface area contributed by atoms with E-state index in [1.165, 1.54) is 0 Å². The molecule has 0 saturated heterocycles. The van der Waals surface area contributed by atoms with Crippen LogP contribution in [0.15, 0.2) is 42.5 Å². The van der Waals surface area contributed by atoms with E-state index in [1.54, 1.807) is 18.2 Å². The molecule has 2 aromatic carbocycles. The molecule has 0 unspecified atom stereocenters. The quantitative estimate of drug-likeness (QED) is 0.559. The summed E-state index contributed by atoms with van der Waals surface area (Å²) in [5.74, 6) is 1.99. The van der Waals surface area contributed by atoms with Crippen molar-refractivity contribution in [2.24, 2.45) is 0 Å². The van der Waals surface area contributed by atoms with Gasteiger partial charge in [0.25, 0.3) is 0 Å². The van der Waals surface area contributed by atoms with Crippen LogP contribution in [0.3, 0.4) is 0 Å². The number of aryl methyl sites for hydroxylation is 1. The first-order chi connectivity index (χ1) is 14.6. The highest BCUT2D eigenvalue weighted by atomic mass is 16.7. The van der Waals surface area contributed by atoms with Gasteiger partial charge in [-0.05, 0) is 30.7 Å². The van der Waals surface area contributed by atoms with Gasteiger partial charge in [0.05, 0.1) is 11.0 Å². The van der Waals surface area contributed by atoms with Crippen molar-refractivity contribution in [3.05, 3.63) is 48.3 Å². The van der Waals surface area contributed by atoms with E-state index >= 15 is 0 Å². The highest BCUT2D eigenvalue weighted by molar-refractivity contribution is 5.92. The Hall–Kier alpha value is -3.55. The van der Waals surface area contributed by atoms with Crippen molar-refractivity contribution < 1.29 is 19.1 Å². The van der Waals surface area contributed by atoms with Gasteiger partial charge in [0.1, 0.15) is 12.4 Å². The maximum atomic E-state index is 12.7. The SMILES string of the molecule is CCC(=O)NCCCc1nc2ccccc2n1CC(=O)Nc1ccc2c(c1)OCO2. The largest absolute Gasteiger partial charge is 0.454 e. The topological polar surface area (TPSA) is 94.5 Å². The molecule has 0 bridgehead atoms. The number of benzene rings is 2. The van der Waals surface area contributed by atoms with Gasteiger partial charge in [0.2, 0.25) is 18.6 Å². The number of amides is 2. The lowest BCUT2D eigenvalue weighted by molar-refractivity contribution is -0.120. The Bertz CT molecular complexity index is 1080. The summed E-state index contributed by atoms with van der Waals surface area (Å²) in [6, 6.07) is 13.1.